The van der Waals surface area contributed by atoms with E-state index in [9.17, 15) is 29.4 Å². The Morgan fingerprint density at radius 1 is 0.656 bits per heavy atom. The molecule has 8 heteroatoms. The molecule has 2 amide bonds. The van der Waals surface area contributed by atoms with E-state index in [1.165, 1.54) is 13.8 Å². The lowest BCUT2D eigenvalue weighted by Crippen LogP contribution is -2.30. The van der Waals surface area contributed by atoms with Crippen LogP contribution in [0.3, 0.4) is 0 Å². The van der Waals surface area contributed by atoms with Crippen LogP contribution < -0.4 is 10.6 Å². The first-order valence-corrected chi connectivity index (χ1v) is 10.0. The Bertz CT molecular complexity index is 920. The van der Waals surface area contributed by atoms with Crippen molar-refractivity contribution in [2.45, 2.75) is 38.8 Å². The van der Waals surface area contributed by atoms with Crippen LogP contribution in [-0.4, -0.2) is 34.0 Å². The quantitative estimate of drug-likeness (QED) is 0.422. The molecule has 0 unspecified atom stereocenters. The lowest BCUT2D eigenvalue weighted by Gasteiger charge is -2.22. The SMILES string of the molecule is CC(=O)N[C@@H](CC(C(=O)O)=C(C[C@H](NC(C)=O)c1ccccc1)C(=O)O)c1ccccc1. The van der Waals surface area contributed by atoms with Crippen LogP contribution in [0.4, 0.5) is 0 Å². The number of benzene rings is 2. The number of hydrogen-bond acceptors (Lipinski definition) is 4. The van der Waals surface area contributed by atoms with E-state index in [1.54, 1.807) is 60.7 Å². The molecule has 0 saturated heterocycles. The molecule has 0 aliphatic carbocycles. The van der Waals surface area contributed by atoms with Crippen molar-refractivity contribution in [3.8, 4) is 0 Å². The predicted octanol–water partition coefficient (Wildman–Crippen LogP) is 2.99. The zero-order valence-electron chi connectivity index (χ0n) is 17.9. The molecule has 4 N–H and O–H groups in total. The third-order valence-electron chi connectivity index (χ3n) is 4.86. The lowest BCUT2D eigenvalue weighted by atomic mass is 9.90. The molecule has 8 nitrogen and oxygen atoms in total. The highest BCUT2D eigenvalue weighted by Gasteiger charge is 2.28. The highest BCUT2D eigenvalue weighted by Crippen LogP contribution is 2.29. The number of nitrogens with one attached hydrogen (secondary N) is 2. The van der Waals surface area contributed by atoms with E-state index in [1.807, 2.05) is 0 Å². The number of carboxylic acids is 2. The van der Waals surface area contributed by atoms with Gasteiger partial charge in [0, 0.05) is 37.8 Å². The van der Waals surface area contributed by atoms with E-state index < -0.39 is 24.0 Å². The summed E-state index contributed by atoms with van der Waals surface area (Å²) in [4.78, 5) is 47.7. The van der Waals surface area contributed by atoms with Crippen molar-refractivity contribution in [2.24, 2.45) is 0 Å². The summed E-state index contributed by atoms with van der Waals surface area (Å²) in [7, 11) is 0. The molecule has 0 spiro atoms. The highest BCUT2D eigenvalue weighted by atomic mass is 16.4. The molecule has 0 radical (unpaired) electrons. The number of carbonyl (C=O) groups excluding carboxylic acids is 2. The van der Waals surface area contributed by atoms with Gasteiger partial charge in [-0.05, 0) is 11.1 Å². The number of aliphatic carboxylic acids is 2. The van der Waals surface area contributed by atoms with Gasteiger partial charge >= 0.3 is 11.9 Å². The van der Waals surface area contributed by atoms with Crippen LogP contribution in [0.15, 0.2) is 71.8 Å². The van der Waals surface area contributed by atoms with Crippen molar-refractivity contribution in [1.82, 2.24) is 10.6 Å². The molecule has 0 saturated carbocycles. The van der Waals surface area contributed by atoms with Crippen molar-refractivity contribution >= 4 is 23.8 Å². The van der Waals surface area contributed by atoms with Crippen LogP contribution in [-0.2, 0) is 19.2 Å². The third-order valence-corrected chi connectivity index (χ3v) is 4.86. The van der Waals surface area contributed by atoms with Crippen molar-refractivity contribution in [3.63, 3.8) is 0 Å². The number of rotatable bonds is 10. The Morgan fingerprint density at radius 2 is 0.969 bits per heavy atom. The molecule has 0 bridgehead atoms. The third kappa shape index (κ3) is 7.09. The van der Waals surface area contributed by atoms with Gasteiger partial charge in [0.05, 0.1) is 12.1 Å². The Labute approximate surface area is 186 Å². The van der Waals surface area contributed by atoms with E-state index in [0.717, 1.165) is 0 Å². The fourth-order valence-corrected chi connectivity index (χ4v) is 3.45. The summed E-state index contributed by atoms with van der Waals surface area (Å²) in [5.41, 5.74) is 0.609. The minimum Gasteiger partial charge on any atom is -0.478 e. The first-order valence-electron chi connectivity index (χ1n) is 10.0. The van der Waals surface area contributed by atoms with Gasteiger partial charge in [-0.1, -0.05) is 60.7 Å². The molecule has 0 aliphatic heterocycles. The fourth-order valence-electron chi connectivity index (χ4n) is 3.45. The Kier molecular flexibility index (Phi) is 8.71. The van der Waals surface area contributed by atoms with Crippen LogP contribution >= 0.6 is 0 Å². The van der Waals surface area contributed by atoms with Gasteiger partial charge in [-0.3, -0.25) is 9.59 Å². The summed E-state index contributed by atoms with van der Waals surface area (Å²) in [6.45, 7) is 2.61. The summed E-state index contributed by atoms with van der Waals surface area (Å²) >= 11 is 0. The fraction of sp³-hybridized carbons (Fsp3) is 0.250. The van der Waals surface area contributed by atoms with E-state index >= 15 is 0 Å². The predicted molar refractivity (Wildman–Crippen MR) is 118 cm³/mol. The van der Waals surface area contributed by atoms with E-state index in [-0.39, 0.29) is 35.8 Å². The second kappa shape index (κ2) is 11.5. The second-order valence-corrected chi connectivity index (χ2v) is 7.30. The van der Waals surface area contributed by atoms with Gasteiger partial charge in [0.1, 0.15) is 0 Å². The maximum Gasteiger partial charge on any atom is 0.332 e. The van der Waals surface area contributed by atoms with Crippen LogP contribution in [0.1, 0.15) is 49.9 Å². The van der Waals surface area contributed by atoms with Crippen LogP contribution in [0.2, 0.25) is 0 Å². The first kappa shape index (κ1) is 24.3. The molecule has 0 heterocycles. The number of hydrogen-bond donors (Lipinski definition) is 4. The molecule has 2 rings (SSSR count). The summed E-state index contributed by atoms with van der Waals surface area (Å²) in [5.74, 6) is -3.55. The Balaban J connectivity index is 2.50. The molecule has 32 heavy (non-hydrogen) atoms. The van der Waals surface area contributed by atoms with Gasteiger partial charge in [-0.2, -0.15) is 0 Å². The zero-order valence-corrected chi connectivity index (χ0v) is 17.9. The summed E-state index contributed by atoms with van der Waals surface area (Å²) in [6.07, 6.45) is -0.468. The van der Waals surface area contributed by atoms with Gasteiger partial charge in [0.15, 0.2) is 0 Å². The minimum atomic E-state index is -1.40. The van der Waals surface area contributed by atoms with Crippen molar-refractivity contribution in [3.05, 3.63) is 82.9 Å². The summed E-state index contributed by atoms with van der Waals surface area (Å²) in [5, 5.41) is 25.1. The highest BCUT2D eigenvalue weighted by molar-refractivity contribution is 5.99. The van der Waals surface area contributed by atoms with Crippen LogP contribution in [0.25, 0.3) is 0 Å². The average molecular weight is 438 g/mol. The topological polar surface area (TPSA) is 133 Å². The van der Waals surface area contributed by atoms with Crippen LogP contribution in [0.5, 0.6) is 0 Å². The largest absolute Gasteiger partial charge is 0.478 e. The normalized spacial score (nSPS) is 13.3. The smallest absolute Gasteiger partial charge is 0.332 e. The Hall–Kier alpha value is -3.94. The van der Waals surface area contributed by atoms with Crippen molar-refractivity contribution in [1.29, 1.82) is 0 Å². The number of carbonyl (C=O) groups is 4. The number of amides is 2. The Morgan fingerprint density at radius 3 is 1.22 bits per heavy atom. The van der Waals surface area contributed by atoms with Gasteiger partial charge in [0.2, 0.25) is 11.8 Å². The van der Waals surface area contributed by atoms with E-state index in [4.69, 9.17) is 0 Å². The minimum absolute atomic E-state index is 0.234. The maximum absolute atomic E-state index is 12.1. The van der Waals surface area contributed by atoms with Gasteiger partial charge in [0.25, 0.3) is 0 Å². The molecule has 168 valence electrons. The van der Waals surface area contributed by atoms with Crippen molar-refractivity contribution < 1.29 is 29.4 Å². The van der Waals surface area contributed by atoms with Gasteiger partial charge in [-0.25, -0.2) is 9.59 Å². The molecular weight excluding hydrogens is 412 g/mol. The number of carboxylic acid groups (broad SMARTS) is 2. The molecule has 0 aliphatic rings. The van der Waals surface area contributed by atoms with E-state index in [2.05, 4.69) is 10.6 Å². The molecule has 2 aromatic carbocycles. The van der Waals surface area contributed by atoms with Gasteiger partial charge in [-0.15, -0.1) is 0 Å². The standard InChI is InChI=1S/C24H26N2O6/c1-15(27)25-21(17-9-5-3-6-10-17)13-19(23(29)30)20(24(31)32)14-22(26-16(2)28)18-11-7-4-8-12-18/h3-12,21-22H,13-14H2,1-2H3,(H,25,27)(H,26,28)(H,29,30)(H,31,32)/t21-,22-/m0/s1. The second-order valence-electron chi connectivity index (χ2n) is 7.30. The van der Waals surface area contributed by atoms with Crippen molar-refractivity contribution in [2.75, 3.05) is 0 Å². The van der Waals surface area contributed by atoms with Gasteiger partial charge < -0.3 is 20.8 Å². The monoisotopic (exact) mass is 438 g/mol. The summed E-state index contributed by atoms with van der Waals surface area (Å²) < 4.78 is 0. The maximum atomic E-state index is 12.1. The van der Waals surface area contributed by atoms with Crippen LogP contribution in [0, 0.1) is 0 Å². The molecule has 0 fully saturated rings. The molecule has 2 atom stereocenters. The average Bonchev–Trinajstić information content (AvgIpc) is 2.74. The molecule has 0 aromatic heterocycles. The van der Waals surface area contributed by atoms with E-state index in [0.29, 0.717) is 11.1 Å². The molecular formula is C24H26N2O6. The zero-order chi connectivity index (χ0) is 23.7. The molecule has 2 aromatic rings. The first-order chi connectivity index (χ1) is 15.2. The summed E-state index contributed by atoms with van der Waals surface area (Å²) in [6, 6.07) is 16.0. The lowest BCUT2D eigenvalue weighted by molar-refractivity contribution is -0.136.